The van der Waals surface area contributed by atoms with E-state index in [0.29, 0.717) is 17.7 Å². The van der Waals surface area contributed by atoms with E-state index in [1.54, 1.807) is 42.1 Å². The number of hydrogen-bond acceptors (Lipinski definition) is 4. The molecule has 0 radical (unpaired) electrons. The fourth-order valence-corrected chi connectivity index (χ4v) is 4.67. The lowest BCUT2D eigenvalue weighted by atomic mass is 10.1. The maximum Gasteiger partial charge on any atom is 0.263 e. The number of imidazole rings is 1. The SMILES string of the molecule is CCc1nc2c(C)cc(C)nc2n1Cc1ccc2c(ccn2C(=O)c2ccccc2C(=O)NC)c1. The number of hydrogen-bond donors (Lipinski definition) is 1. The molecule has 0 aliphatic heterocycles. The fourth-order valence-electron chi connectivity index (χ4n) is 4.67. The average Bonchev–Trinajstić information content (AvgIpc) is 3.44. The molecule has 0 aliphatic carbocycles. The summed E-state index contributed by atoms with van der Waals surface area (Å²) in [5.74, 6) is 0.474. The predicted molar refractivity (Wildman–Crippen MR) is 137 cm³/mol. The van der Waals surface area contributed by atoms with Gasteiger partial charge < -0.3 is 9.88 Å². The standard InChI is InChI=1S/C28H27N5O2/c1-5-24-31-25-17(2)14-18(3)30-26(25)33(24)16-19-10-11-23-20(15-19)12-13-32(23)28(35)22-9-7-6-8-21(22)27(34)29-4/h6-15H,5,16H2,1-4H3,(H,29,34). The first-order valence-electron chi connectivity index (χ1n) is 11.7. The number of pyridine rings is 1. The van der Waals surface area contributed by atoms with Gasteiger partial charge in [0, 0.05) is 30.7 Å². The largest absolute Gasteiger partial charge is 0.355 e. The van der Waals surface area contributed by atoms with Gasteiger partial charge >= 0.3 is 0 Å². The first-order valence-corrected chi connectivity index (χ1v) is 11.7. The van der Waals surface area contributed by atoms with Gasteiger partial charge in [-0.3, -0.25) is 14.2 Å². The molecule has 0 aliphatic rings. The zero-order valence-corrected chi connectivity index (χ0v) is 20.3. The minimum Gasteiger partial charge on any atom is -0.355 e. The van der Waals surface area contributed by atoms with Crippen molar-refractivity contribution < 1.29 is 9.59 Å². The van der Waals surface area contributed by atoms with Gasteiger partial charge in [-0.05, 0) is 61.4 Å². The molecule has 7 heteroatoms. The molecule has 0 bridgehead atoms. The van der Waals surface area contributed by atoms with Crippen molar-refractivity contribution >= 4 is 33.9 Å². The van der Waals surface area contributed by atoms with Crippen LogP contribution in [-0.4, -0.2) is 38.0 Å². The molecule has 176 valence electrons. The van der Waals surface area contributed by atoms with Crippen LogP contribution in [0.2, 0.25) is 0 Å². The first kappa shape index (κ1) is 22.5. The molecular formula is C28H27N5O2. The molecule has 5 rings (SSSR count). The third kappa shape index (κ3) is 3.89. The van der Waals surface area contributed by atoms with Crippen LogP contribution in [0.3, 0.4) is 0 Å². The Kier molecular flexibility index (Phi) is 5.68. The summed E-state index contributed by atoms with van der Waals surface area (Å²) in [6.45, 7) is 6.82. The van der Waals surface area contributed by atoms with Gasteiger partial charge in [0.05, 0.1) is 23.2 Å². The Labute approximate surface area is 203 Å². The lowest BCUT2D eigenvalue weighted by molar-refractivity contribution is 0.0930. The van der Waals surface area contributed by atoms with Crippen LogP contribution in [0.4, 0.5) is 0 Å². The first-order chi connectivity index (χ1) is 16.9. The number of carbonyl (C=O) groups excluding carboxylic acids is 2. The van der Waals surface area contributed by atoms with Crippen molar-refractivity contribution in [3.05, 3.63) is 94.6 Å². The van der Waals surface area contributed by atoms with Crippen LogP contribution < -0.4 is 5.32 Å². The van der Waals surface area contributed by atoms with E-state index in [4.69, 9.17) is 9.97 Å². The lowest BCUT2D eigenvalue weighted by Crippen LogP contribution is -2.22. The topological polar surface area (TPSA) is 81.8 Å². The van der Waals surface area contributed by atoms with E-state index in [-0.39, 0.29) is 11.8 Å². The molecule has 1 amide bonds. The highest BCUT2D eigenvalue weighted by Crippen LogP contribution is 2.24. The molecule has 3 aromatic heterocycles. The molecule has 0 fully saturated rings. The summed E-state index contributed by atoms with van der Waals surface area (Å²) in [6, 6.07) is 16.9. The monoisotopic (exact) mass is 465 g/mol. The summed E-state index contributed by atoms with van der Waals surface area (Å²) in [5, 5.41) is 3.56. The van der Waals surface area contributed by atoms with Gasteiger partial charge in [0.1, 0.15) is 11.3 Å². The molecule has 3 heterocycles. The highest BCUT2D eigenvalue weighted by Gasteiger charge is 2.19. The van der Waals surface area contributed by atoms with E-state index in [1.807, 2.05) is 25.1 Å². The normalized spacial score (nSPS) is 11.3. The van der Waals surface area contributed by atoms with Crippen LogP contribution in [-0.2, 0) is 13.0 Å². The Balaban J connectivity index is 1.52. The smallest absolute Gasteiger partial charge is 0.263 e. The van der Waals surface area contributed by atoms with Crippen LogP contribution in [0.25, 0.3) is 22.1 Å². The quantitative estimate of drug-likeness (QED) is 0.409. The van der Waals surface area contributed by atoms with E-state index < -0.39 is 0 Å². The van der Waals surface area contributed by atoms with Gasteiger partial charge in [-0.25, -0.2) is 9.97 Å². The summed E-state index contributed by atoms with van der Waals surface area (Å²) in [7, 11) is 1.56. The molecule has 0 spiro atoms. The van der Waals surface area contributed by atoms with Crippen molar-refractivity contribution in [2.45, 2.75) is 33.7 Å². The number of nitrogens with zero attached hydrogens (tertiary/aromatic N) is 4. The molecule has 0 unspecified atom stereocenters. The molecule has 7 nitrogen and oxygen atoms in total. The number of rotatable bonds is 5. The van der Waals surface area contributed by atoms with E-state index in [2.05, 4.69) is 35.9 Å². The lowest BCUT2D eigenvalue weighted by Gasteiger charge is -2.11. The summed E-state index contributed by atoms with van der Waals surface area (Å²) in [5.41, 5.74) is 6.56. The van der Waals surface area contributed by atoms with Gasteiger partial charge in [-0.15, -0.1) is 0 Å². The van der Waals surface area contributed by atoms with E-state index in [9.17, 15) is 9.59 Å². The Morgan fingerprint density at radius 1 is 0.971 bits per heavy atom. The van der Waals surface area contributed by atoms with Crippen molar-refractivity contribution in [3.63, 3.8) is 0 Å². The average molecular weight is 466 g/mol. The molecule has 5 aromatic rings. The highest BCUT2D eigenvalue weighted by atomic mass is 16.2. The van der Waals surface area contributed by atoms with Crippen LogP contribution in [0.5, 0.6) is 0 Å². The third-order valence-corrected chi connectivity index (χ3v) is 6.36. The Bertz CT molecular complexity index is 1610. The zero-order chi connectivity index (χ0) is 24.7. The summed E-state index contributed by atoms with van der Waals surface area (Å²) in [6.07, 6.45) is 2.57. The molecule has 0 atom stereocenters. The maximum atomic E-state index is 13.4. The second kappa shape index (κ2) is 8.83. The van der Waals surface area contributed by atoms with Crippen LogP contribution in [0, 0.1) is 13.8 Å². The molecular weight excluding hydrogens is 438 g/mol. The Morgan fingerprint density at radius 3 is 2.49 bits per heavy atom. The fraction of sp³-hybridized carbons (Fsp3) is 0.214. The number of amides is 1. The van der Waals surface area contributed by atoms with E-state index in [1.165, 1.54) is 0 Å². The minimum absolute atomic E-state index is 0.240. The van der Waals surface area contributed by atoms with Crippen molar-refractivity contribution in [3.8, 4) is 0 Å². The number of nitrogens with one attached hydrogen (secondary N) is 1. The van der Waals surface area contributed by atoms with Gasteiger partial charge in [-0.2, -0.15) is 0 Å². The summed E-state index contributed by atoms with van der Waals surface area (Å²) < 4.78 is 3.78. The highest BCUT2D eigenvalue weighted by molar-refractivity contribution is 6.10. The number of aromatic nitrogens is 4. The van der Waals surface area contributed by atoms with Crippen molar-refractivity contribution in [2.75, 3.05) is 7.05 Å². The van der Waals surface area contributed by atoms with E-state index in [0.717, 1.165) is 51.1 Å². The Hall–Kier alpha value is -4.26. The number of carbonyl (C=O) groups is 2. The van der Waals surface area contributed by atoms with Crippen molar-refractivity contribution in [2.24, 2.45) is 0 Å². The molecule has 0 saturated carbocycles. The Morgan fingerprint density at radius 2 is 1.74 bits per heavy atom. The van der Waals surface area contributed by atoms with Crippen LogP contribution in [0.15, 0.2) is 60.8 Å². The van der Waals surface area contributed by atoms with Gasteiger partial charge in [0.25, 0.3) is 11.8 Å². The number of fused-ring (bicyclic) bond motifs is 2. The second-order valence-corrected chi connectivity index (χ2v) is 8.73. The summed E-state index contributed by atoms with van der Waals surface area (Å²) in [4.78, 5) is 35.2. The molecule has 2 aromatic carbocycles. The van der Waals surface area contributed by atoms with Crippen LogP contribution >= 0.6 is 0 Å². The van der Waals surface area contributed by atoms with Crippen molar-refractivity contribution in [1.82, 2.24) is 24.4 Å². The number of aryl methyl sites for hydroxylation is 3. The van der Waals surface area contributed by atoms with Crippen molar-refractivity contribution in [1.29, 1.82) is 0 Å². The minimum atomic E-state index is -0.286. The van der Waals surface area contributed by atoms with Gasteiger partial charge in [0.2, 0.25) is 0 Å². The zero-order valence-electron chi connectivity index (χ0n) is 20.3. The number of benzene rings is 2. The van der Waals surface area contributed by atoms with E-state index >= 15 is 0 Å². The predicted octanol–water partition coefficient (Wildman–Crippen LogP) is 4.66. The summed E-state index contributed by atoms with van der Waals surface area (Å²) >= 11 is 0. The second-order valence-electron chi connectivity index (χ2n) is 8.73. The molecule has 1 N–H and O–H groups in total. The van der Waals surface area contributed by atoms with Gasteiger partial charge in [-0.1, -0.05) is 25.1 Å². The maximum absolute atomic E-state index is 13.4. The third-order valence-electron chi connectivity index (χ3n) is 6.36. The van der Waals surface area contributed by atoms with Crippen LogP contribution in [0.1, 0.15) is 50.3 Å². The molecule has 0 saturated heterocycles. The molecule has 35 heavy (non-hydrogen) atoms. The van der Waals surface area contributed by atoms with Gasteiger partial charge in [0.15, 0.2) is 5.65 Å².